The number of aliphatic carboxylic acids is 1. The molecule has 0 fully saturated rings. The number of carboxylic acids is 1. The summed E-state index contributed by atoms with van der Waals surface area (Å²) in [5.41, 5.74) is 0.474. The number of phenols is 1. The summed E-state index contributed by atoms with van der Waals surface area (Å²) in [7, 11) is 1.44. The smallest absolute Gasteiger partial charge is 0.328 e. The van der Waals surface area contributed by atoms with Crippen molar-refractivity contribution in [3.05, 3.63) is 42.0 Å². The topological polar surface area (TPSA) is 98.1 Å². The number of likely N-dealkylation sites (N-methyl/N-ethyl adjacent to an activating group) is 1. The van der Waals surface area contributed by atoms with Crippen LogP contribution in [0.5, 0.6) is 5.75 Å². The maximum Gasteiger partial charge on any atom is 0.328 e. The third kappa shape index (κ3) is 4.81. The number of rotatable bonds is 5. The molecule has 0 radical (unpaired) electrons. The van der Waals surface area contributed by atoms with E-state index in [0.717, 1.165) is 12.2 Å². The number of aromatic hydroxyl groups is 1. The van der Waals surface area contributed by atoms with Gasteiger partial charge in [-0.15, -0.1) is 0 Å². The van der Waals surface area contributed by atoms with E-state index in [1.165, 1.54) is 24.1 Å². The molecule has 1 aromatic carbocycles. The molecule has 0 bridgehead atoms. The average molecular weight is 265 g/mol. The fourth-order valence-corrected chi connectivity index (χ4v) is 1.46. The van der Waals surface area contributed by atoms with Crippen LogP contribution >= 0.6 is 0 Å². The minimum absolute atomic E-state index is 0.00769. The number of carboxylic acid groups (broad SMARTS) is 1. The monoisotopic (exact) mass is 265 g/mol. The van der Waals surface area contributed by atoms with Crippen molar-refractivity contribution in [1.29, 1.82) is 0 Å². The summed E-state index contributed by atoms with van der Waals surface area (Å²) in [4.78, 5) is 23.0. The fraction of sp³-hybridized carbons (Fsp3) is 0.231. The van der Waals surface area contributed by atoms with Crippen molar-refractivity contribution < 1.29 is 24.9 Å². The van der Waals surface area contributed by atoms with Gasteiger partial charge in [-0.05, 0) is 17.7 Å². The van der Waals surface area contributed by atoms with Crippen molar-refractivity contribution in [2.45, 2.75) is 6.10 Å². The summed E-state index contributed by atoms with van der Waals surface area (Å²) in [5.74, 6) is -1.71. The summed E-state index contributed by atoms with van der Waals surface area (Å²) in [5, 5.41) is 27.6. The number of benzene rings is 1. The number of carbonyl (C=O) groups excluding carboxylic acids is 1. The largest absolute Gasteiger partial charge is 0.508 e. The second-order valence-electron chi connectivity index (χ2n) is 4.00. The highest BCUT2D eigenvalue weighted by Gasteiger charge is 2.14. The number of nitrogens with zero attached hydrogens (tertiary/aromatic N) is 1. The van der Waals surface area contributed by atoms with E-state index in [1.807, 2.05) is 0 Å². The quantitative estimate of drug-likeness (QED) is 0.674. The minimum atomic E-state index is -1.21. The molecule has 102 valence electrons. The predicted octanol–water partition coefficient (Wildman–Crippen LogP) is 0.525. The lowest BCUT2D eigenvalue weighted by atomic mass is 10.1. The van der Waals surface area contributed by atoms with E-state index in [2.05, 4.69) is 0 Å². The molecule has 0 unspecified atom stereocenters. The molecule has 1 amide bonds. The second-order valence-corrected chi connectivity index (χ2v) is 4.00. The highest BCUT2D eigenvalue weighted by Crippen LogP contribution is 2.18. The third-order valence-corrected chi connectivity index (χ3v) is 2.45. The van der Waals surface area contributed by atoms with Crippen LogP contribution in [0.25, 0.3) is 0 Å². The Balaban J connectivity index is 2.63. The predicted molar refractivity (Wildman–Crippen MR) is 67.5 cm³/mol. The third-order valence-electron chi connectivity index (χ3n) is 2.45. The molecule has 3 N–H and O–H groups in total. The molecule has 0 aromatic heterocycles. The van der Waals surface area contributed by atoms with E-state index in [0.29, 0.717) is 5.56 Å². The average Bonchev–Trinajstić information content (AvgIpc) is 2.35. The Hall–Kier alpha value is -2.34. The van der Waals surface area contributed by atoms with Gasteiger partial charge in [-0.1, -0.05) is 12.1 Å². The van der Waals surface area contributed by atoms with Gasteiger partial charge in [-0.25, -0.2) is 4.79 Å². The maximum atomic E-state index is 11.5. The molecule has 19 heavy (non-hydrogen) atoms. The van der Waals surface area contributed by atoms with Crippen LogP contribution in [0.15, 0.2) is 36.4 Å². The minimum Gasteiger partial charge on any atom is -0.508 e. The van der Waals surface area contributed by atoms with Crippen molar-refractivity contribution >= 4 is 11.9 Å². The van der Waals surface area contributed by atoms with E-state index in [-0.39, 0.29) is 12.3 Å². The molecule has 1 aromatic rings. The van der Waals surface area contributed by atoms with Gasteiger partial charge in [0.15, 0.2) is 0 Å². The van der Waals surface area contributed by atoms with Crippen molar-refractivity contribution in [1.82, 2.24) is 4.90 Å². The molecule has 1 rings (SSSR count). The van der Waals surface area contributed by atoms with Gasteiger partial charge < -0.3 is 20.2 Å². The van der Waals surface area contributed by atoms with Crippen LogP contribution in [0, 0.1) is 0 Å². The van der Waals surface area contributed by atoms with E-state index < -0.39 is 18.0 Å². The lowest BCUT2D eigenvalue weighted by Crippen LogP contribution is -2.29. The Bertz CT molecular complexity index is 498. The van der Waals surface area contributed by atoms with Gasteiger partial charge in [0, 0.05) is 19.2 Å². The van der Waals surface area contributed by atoms with Gasteiger partial charge in [0.25, 0.3) is 0 Å². The number of hydrogen-bond donors (Lipinski definition) is 3. The molecule has 0 spiro atoms. The van der Waals surface area contributed by atoms with E-state index in [1.54, 1.807) is 12.1 Å². The summed E-state index contributed by atoms with van der Waals surface area (Å²) < 4.78 is 0. The van der Waals surface area contributed by atoms with Crippen molar-refractivity contribution in [3.63, 3.8) is 0 Å². The Morgan fingerprint density at radius 2 is 2.05 bits per heavy atom. The zero-order valence-corrected chi connectivity index (χ0v) is 10.4. The number of amides is 1. The Kier molecular flexibility index (Phi) is 5.08. The van der Waals surface area contributed by atoms with Crippen LogP contribution < -0.4 is 0 Å². The van der Waals surface area contributed by atoms with Crippen LogP contribution in [0.1, 0.15) is 11.7 Å². The summed E-state index contributed by atoms with van der Waals surface area (Å²) in [6.07, 6.45) is 0.691. The van der Waals surface area contributed by atoms with E-state index in [9.17, 15) is 19.8 Å². The zero-order valence-electron chi connectivity index (χ0n) is 10.4. The Morgan fingerprint density at radius 3 is 2.63 bits per heavy atom. The lowest BCUT2D eigenvalue weighted by Gasteiger charge is -2.19. The SMILES string of the molecule is CN(C[C@H](O)c1cccc(O)c1)C(=O)/C=C\C(=O)O. The highest BCUT2D eigenvalue weighted by molar-refractivity contribution is 5.93. The number of aliphatic hydroxyl groups is 1. The van der Waals surface area contributed by atoms with Crippen LogP contribution in [0.3, 0.4) is 0 Å². The Labute approximate surface area is 110 Å². The van der Waals surface area contributed by atoms with Crippen LogP contribution in [-0.2, 0) is 9.59 Å². The molecular formula is C13H15NO5. The molecule has 6 nitrogen and oxygen atoms in total. The first-order valence-electron chi connectivity index (χ1n) is 5.53. The summed E-state index contributed by atoms with van der Waals surface area (Å²) in [6, 6.07) is 6.08. The lowest BCUT2D eigenvalue weighted by molar-refractivity contribution is -0.132. The summed E-state index contributed by atoms with van der Waals surface area (Å²) >= 11 is 0. The second kappa shape index (κ2) is 6.55. The van der Waals surface area contributed by atoms with Gasteiger partial charge in [0.2, 0.25) is 5.91 Å². The number of hydrogen-bond acceptors (Lipinski definition) is 4. The number of aliphatic hydroxyl groups excluding tert-OH is 1. The van der Waals surface area contributed by atoms with Gasteiger partial charge in [0.1, 0.15) is 5.75 Å². The van der Waals surface area contributed by atoms with Crippen LogP contribution in [-0.4, -0.2) is 45.7 Å². The first-order chi connectivity index (χ1) is 8.90. The molecule has 0 aliphatic carbocycles. The molecule has 6 heteroatoms. The van der Waals surface area contributed by atoms with Crippen LogP contribution in [0.2, 0.25) is 0 Å². The molecular weight excluding hydrogens is 250 g/mol. The number of phenolic OH excluding ortho intramolecular Hbond substituents is 1. The fourth-order valence-electron chi connectivity index (χ4n) is 1.46. The maximum absolute atomic E-state index is 11.5. The highest BCUT2D eigenvalue weighted by atomic mass is 16.4. The first-order valence-corrected chi connectivity index (χ1v) is 5.53. The molecule has 0 heterocycles. The van der Waals surface area contributed by atoms with Gasteiger partial charge in [0.05, 0.1) is 12.6 Å². The molecule has 0 saturated heterocycles. The van der Waals surface area contributed by atoms with E-state index in [4.69, 9.17) is 5.11 Å². The zero-order chi connectivity index (χ0) is 14.4. The van der Waals surface area contributed by atoms with E-state index >= 15 is 0 Å². The van der Waals surface area contributed by atoms with Crippen molar-refractivity contribution in [2.24, 2.45) is 0 Å². The first kappa shape index (κ1) is 14.7. The summed E-state index contributed by atoms with van der Waals surface area (Å²) in [6.45, 7) is -0.00769. The molecule has 1 atom stereocenters. The molecule has 0 saturated carbocycles. The normalized spacial score (nSPS) is 12.3. The van der Waals surface area contributed by atoms with Gasteiger partial charge >= 0.3 is 5.97 Å². The van der Waals surface area contributed by atoms with Gasteiger partial charge in [-0.2, -0.15) is 0 Å². The molecule has 0 aliphatic heterocycles. The van der Waals surface area contributed by atoms with Crippen LogP contribution in [0.4, 0.5) is 0 Å². The Morgan fingerprint density at radius 1 is 1.37 bits per heavy atom. The molecule has 0 aliphatic rings. The standard InChI is InChI=1S/C13H15NO5/c1-14(12(17)5-6-13(18)19)8-11(16)9-3-2-4-10(15)7-9/h2-7,11,15-16H,8H2,1H3,(H,18,19)/b6-5-/t11-/m0/s1. The van der Waals surface area contributed by atoms with Crippen molar-refractivity contribution in [2.75, 3.05) is 13.6 Å². The number of carbonyl (C=O) groups is 2. The van der Waals surface area contributed by atoms with Crippen molar-refractivity contribution in [3.8, 4) is 5.75 Å². The van der Waals surface area contributed by atoms with Gasteiger partial charge in [-0.3, -0.25) is 4.79 Å².